The van der Waals surface area contributed by atoms with Crippen molar-refractivity contribution in [3.63, 3.8) is 0 Å². The first kappa shape index (κ1) is 14.5. The molecule has 0 aliphatic heterocycles. The highest BCUT2D eigenvalue weighted by atomic mass is 16.5. The Balaban J connectivity index is 1.85. The van der Waals surface area contributed by atoms with Gasteiger partial charge >= 0.3 is 5.97 Å². The second-order valence-corrected chi connectivity index (χ2v) is 4.07. The van der Waals surface area contributed by atoms with E-state index >= 15 is 0 Å². The number of hydrogen-bond donors (Lipinski definition) is 1. The molecule has 0 saturated carbocycles. The van der Waals surface area contributed by atoms with E-state index in [1.54, 1.807) is 18.2 Å². The molecule has 1 N–H and O–H groups in total. The summed E-state index contributed by atoms with van der Waals surface area (Å²) >= 11 is 0. The first-order valence-electron chi connectivity index (χ1n) is 6.21. The van der Waals surface area contributed by atoms with E-state index < -0.39 is 5.97 Å². The van der Waals surface area contributed by atoms with Crippen LogP contribution in [0.3, 0.4) is 0 Å². The summed E-state index contributed by atoms with van der Waals surface area (Å²) in [6.07, 6.45) is 1.36. The van der Waals surface area contributed by atoms with Crippen LogP contribution in [-0.4, -0.2) is 30.6 Å². The van der Waals surface area contributed by atoms with Crippen molar-refractivity contribution in [3.8, 4) is 5.75 Å². The highest BCUT2D eigenvalue weighted by molar-refractivity contribution is 5.91. The summed E-state index contributed by atoms with van der Waals surface area (Å²) in [7, 11) is 1.28. The summed E-state index contributed by atoms with van der Waals surface area (Å²) in [6, 6.07) is 12.1. The number of esters is 1. The topological polar surface area (TPSA) is 77.5 Å². The number of carbonyl (C=O) groups is 2. The second-order valence-electron chi connectivity index (χ2n) is 4.07. The minimum atomic E-state index is -0.525. The van der Waals surface area contributed by atoms with Crippen LogP contribution in [0.1, 0.15) is 10.5 Å². The number of aromatic nitrogens is 1. The summed E-state index contributed by atoms with van der Waals surface area (Å²) in [5.74, 6) is -0.410. The van der Waals surface area contributed by atoms with Gasteiger partial charge in [-0.3, -0.25) is 4.79 Å². The van der Waals surface area contributed by atoms with Gasteiger partial charge < -0.3 is 14.8 Å². The largest absolute Gasteiger partial charge is 0.482 e. The summed E-state index contributed by atoms with van der Waals surface area (Å²) in [5.41, 5.74) is 0.879. The van der Waals surface area contributed by atoms with Crippen molar-refractivity contribution in [1.29, 1.82) is 0 Å². The Bertz CT molecular complexity index is 611. The van der Waals surface area contributed by atoms with Crippen molar-refractivity contribution in [2.75, 3.05) is 19.0 Å². The van der Waals surface area contributed by atoms with Crippen LogP contribution in [0.4, 0.5) is 5.69 Å². The van der Waals surface area contributed by atoms with Gasteiger partial charge in [-0.25, -0.2) is 9.78 Å². The molecular formula is C15H14N2O4. The molecule has 0 aliphatic carbocycles. The predicted octanol–water partition coefficient (Wildman–Crippen LogP) is 1.89. The maximum atomic E-state index is 11.7. The average molecular weight is 286 g/mol. The molecule has 21 heavy (non-hydrogen) atoms. The monoisotopic (exact) mass is 286 g/mol. The second kappa shape index (κ2) is 7.04. The molecule has 0 bridgehead atoms. The van der Waals surface area contributed by atoms with Gasteiger partial charge in [0.1, 0.15) is 11.4 Å². The standard InChI is InChI=1S/C15H14N2O4/c1-20-15(19)13-8-7-12(9-16-13)21-10-14(18)17-11-5-3-2-4-6-11/h2-9H,10H2,1H3,(H,17,18). The molecule has 2 rings (SSSR count). The number of nitrogens with one attached hydrogen (secondary N) is 1. The number of rotatable bonds is 5. The molecule has 0 aliphatic rings. The lowest BCUT2D eigenvalue weighted by molar-refractivity contribution is -0.118. The lowest BCUT2D eigenvalue weighted by Gasteiger charge is -2.07. The van der Waals surface area contributed by atoms with E-state index in [1.165, 1.54) is 19.4 Å². The van der Waals surface area contributed by atoms with Crippen molar-refractivity contribution in [2.24, 2.45) is 0 Å². The first-order valence-corrected chi connectivity index (χ1v) is 6.21. The minimum absolute atomic E-state index is 0.145. The first-order chi connectivity index (χ1) is 10.2. The smallest absolute Gasteiger partial charge is 0.356 e. The number of hydrogen-bond acceptors (Lipinski definition) is 5. The number of amides is 1. The van der Waals surface area contributed by atoms with Gasteiger partial charge in [-0.2, -0.15) is 0 Å². The van der Waals surface area contributed by atoms with Crippen LogP contribution in [0.2, 0.25) is 0 Å². The molecule has 0 saturated heterocycles. The van der Waals surface area contributed by atoms with Crippen molar-refractivity contribution >= 4 is 17.6 Å². The van der Waals surface area contributed by atoms with Crippen LogP contribution in [-0.2, 0) is 9.53 Å². The lowest BCUT2D eigenvalue weighted by atomic mass is 10.3. The van der Waals surface area contributed by atoms with Gasteiger partial charge in [0.05, 0.1) is 13.3 Å². The van der Waals surface area contributed by atoms with Crippen molar-refractivity contribution in [2.45, 2.75) is 0 Å². The third-order valence-electron chi connectivity index (χ3n) is 2.56. The highest BCUT2D eigenvalue weighted by Gasteiger charge is 2.08. The molecule has 0 fully saturated rings. The number of pyridine rings is 1. The van der Waals surface area contributed by atoms with Gasteiger partial charge in [-0.1, -0.05) is 18.2 Å². The SMILES string of the molecule is COC(=O)c1ccc(OCC(=O)Nc2ccccc2)cn1. The van der Waals surface area contributed by atoms with Gasteiger partial charge in [0.15, 0.2) is 6.61 Å². The predicted molar refractivity (Wildman–Crippen MR) is 76.1 cm³/mol. The van der Waals surface area contributed by atoms with Gasteiger partial charge in [0.25, 0.3) is 5.91 Å². The van der Waals surface area contributed by atoms with Crippen LogP contribution in [0, 0.1) is 0 Å². The molecule has 0 radical (unpaired) electrons. The molecule has 2 aromatic rings. The molecule has 0 atom stereocenters. The van der Waals surface area contributed by atoms with E-state index in [1.807, 2.05) is 18.2 Å². The minimum Gasteiger partial charge on any atom is -0.482 e. The van der Waals surface area contributed by atoms with Gasteiger partial charge in [-0.05, 0) is 24.3 Å². The molecule has 0 spiro atoms. The number of anilines is 1. The van der Waals surface area contributed by atoms with E-state index in [0.717, 1.165) is 0 Å². The number of carbonyl (C=O) groups excluding carboxylic acids is 2. The third-order valence-corrected chi connectivity index (χ3v) is 2.56. The molecule has 6 nitrogen and oxygen atoms in total. The van der Waals surface area contributed by atoms with Gasteiger partial charge in [0.2, 0.25) is 0 Å². The van der Waals surface area contributed by atoms with E-state index in [9.17, 15) is 9.59 Å². The Morgan fingerprint density at radius 2 is 1.90 bits per heavy atom. The summed E-state index contributed by atoms with van der Waals surface area (Å²) in [5, 5.41) is 2.69. The van der Waals surface area contributed by atoms with E-state index in [4.69, 9.17) is 4.74 Å². The Morgan fingerprint density at radius 1 is 1.14 bits per heavy atom. The fourth-order valence-corrected chi connectivity index (χ4v) is 1.56. The molecule has 1 aromatic heterocycles. The molecule has 108 valence electrons. The van der Waals surface area contributed by atoms with Crippen LogP contribution in [0.25, 0.3) is 0 Å². The normalized spacial score (nSPS) is 9.76. The van der Waals surface area contributed by atoms with Crippen LogP contribution < -0.4 is 10.1 Å². The quantitative estimate of drug-likeness (QED) is 0.849. The summed E-state index contributed by atoms with van der Waals surface area (Å²) in [4.78, 5) is 26.8. The molecule has 1 aromatic carbocycles. The van der Waals surface area contributed by atoms with Crippen LogP contribution >= 0.6 is 0 Å². The molecule has 1 heterocycles. The number of para-hydroxylation sites is 1. The number of methoxy groups -OCH3 is 1. The lowest BCUT2D eigenvalue weighted by Crippen LogP contribution is -2.20. The zero-order valence-corrected chi connectivity index (χ0v) is 11.4. The Morgan fingerprint density at radius 3 is 2.52 bits per heavy atom. The highest BCUT2D eigenvalue weighted by Crippen LogP contribution is 2.10. The zero-order chi connectivity index (χ0) is 15.1. The fourth-order valence-electron chi connectivity index (χ4n) is 1.56. The van der Waals surface area contributed by atoms with Crippen molar-refractivity contribution in [3.05, 3.63) is 54.4 Å². The Kier molecular flexibility index (Phi) is 4.87. The van der Waals surface area contributed by atoms with Crippen molar-refractivity contribution < 1.29 is 19.1 Å². The zero-order valence-electron chi connectivity index (χ0n) is 11.4. The van der Waals surface area contributed by atoms with Crippen LogP contribution in [0.5, 0.6) is 5.75 Å². The number of benzene rings is 1. The van der Waals surface area contributed by atoms with Gasteiger partial charge in [0, 0.05) is 5.69 Å². The molecule has 6 heteroatoms. The van der Waals surface area contributed by atoms with Crippen molar-refractivity contribution in [1.82, 2.24) is 4.98 Å². The molecular weight excluding hydrogens is 272 g/mol. The maximum absolute atomic E-state index is 11.7. The Hall–Kier alpha value is -2.89. The van der Waals surface area contributed by atoms with Gasteiger partial charge in [-0.15, -0.1) is 0 Å². The summed E-state index contributed by atoms with van der Waals surface area (Å²) < 4.78 is 9.82. The average Bonchev–Trinajstić information content (AvgIpc) is 2.53. The fraction of sp³-hybridized carbons (Fsp3) is 0.133. The number of ether oxygens (including phenoxy) is 2. The number of nitrogens with zero attached hydrogens (tertiary/aromatic N) is 1. The van der Waals surface area contributed by atoms with E-state index in [2.05, 4.69) is 15.0 Å². The third kappa shape index (κ3) is 4.31. The van der Waals surface area contributed by atoms with E-state index in [-0.39, 0.29) is 18.2 Å². The van der Waals surface area contributed by atoms with Crippen LogP contribution in [0.15, 0.2) is 48.7 Å². The molecule has 1 amide bonds. The van der Waals surface area contributed by atoms with E-state index in [0.29, 0.717) is 11.4 Å². The maximum Gasteiger partial charge on any atom is 0.356 e. The molecule has 0 unspecified atom stereocenters. The Labute approximate surface area is 121 Å². The summed E-state index contributed by atoms with van der Waals surface area (Å²) in [6.45, 7) is -0.145.